The molecular weight excluding hydrogens is 313 g/mol. The number of benzene rings is 1. The Labute approximate surface area is 137 Å². The Hall–Kier alpha value is -2.60. The van der Waals surface area contributed by atoms with Crippen LogP contribution in [0.25, 0.3) is 10.4 Å². The predicted molar refractivity (Wildman–Crippen MR) is 89.2 cm³/mol. The maximum absolute atomic E-state index is 14.0. The fraction of sp³-hybridized carbons (Fsp3) is 0.118. The van der Waals surface area contributed by atoms with Gasteiger partial charge in [0.05, 0.1) is 9.88 Å². The molecule has 2 aromatic heterocycles. The van der Waals surface area contributed by atoms with E-state index in [0.29, 0.717) is 21.1 Å². The summed E-state index contributed by atoms with van der Waals surface area (Å²) < 4.78 is 14.0. The second kappa shape index (κ2) is 6.26. The van der Waals surface area contributed by atoms with E-state index in [4.69, 9.17) is 0 Å². The van der Waals surface area contributed by atoms with Gasteiger partial charge in [-0.1, -0.05) is 18.2 Å². The van der Waals surface area contributed by atoms with Gasteiger partial charge in [0.25, 0.3) is 5.91 Å². The molecule has 6 heteroatoms. The van der Waals surface area contributed by atoms with Gasteiger partial charge in [0.2, 0.25) is 0 Å². The molecule has 0 saturated carbocycles. The number of nitrogens with zero attached hydrogens (tertiary/aromatic N) is 2. The van der Waals surface area contributed by atoms with Crippen molar-refractivity contribution < 1.29 is 9.18 Å². The highest BCUT2D eigenvalue weighted by molar-refractivity contribution is 7.15. The first kappa shape index (κ1) is 15.3. The Morgan fingerprint density at radius 3 is 2.74 bits per heavy atom. The Bertz CT molecular complexity index is 876. The van der Waals surface area contributed by atoms with Crippen LogP contribution in [0.15, 0.2) is 42.6 Å². The lowest BCUT2D eigenvalue weighted by Crippen LogP contribution is -2.13. The first-order valence-electron chi connectivity index (χ1n) is 7.01. The van der Waals surface area contributed by atoms with Gasteiger partial charge < -0.3 is 5.32 Å². The monoisotopic (exact) mass is 327 g/mol. The fourth-order valence-electron chi connectivity index (χ4n) is 2.22. The molecule has 1 amide bonds. The summed E-state index contributed by atoms with van der Waals surface area (Å²) in [5.41, 5.74) is 2.04. The maximum atomic E-state index is 14.0. The van der Waals surface area contributed by atoms with Crippen LogP contribution < -0.4 is 5.32 Å². The summed E-state index contributed by atoms with van der Waals surface area (Å²) in [7, 11) is 0. The van der Waals surface area contributed by atoms with Gasteiger partial charge in [-0.05, 0) is 32.0 Å². The highest BCUT2D eigenvalue weighted by atomic mass is 32.1. The first-order chi connectivity index (χ1) is 11.0. The number of aromatic nitrogens is 2. The van der Waals surface area contributed by atoms with Gasteiger partial charge in [0.1, 0.15) is 11.5 Å². The van der Waals surface area contributed by atoms with Crippen LogP contribution in [-0.2, 0) is 0 Å². The van der Waals surface area contributed by atoms with Gasteiger partial charge in [-0.2, -0.15) is 0 Å². The first-order valence-corrected chi connectivity index (χ1v) is 7.82. The molecule has 4 nitrogen and oxygen atoms in total. The van der Waals surface area contributed by atoms with Crippen LogP contribution in [0.5, 0.6) is 0 Å². The number of hydrogen-bond acceptors (Lipinski definition) is 4. The molecule has 0 aliphatic heterocycles. The highest BCUT2D eigenvalue weighted by Gasteiger charge is 2.20. The quantitative estimate of drug-likeness (QED) is 0.784. The van der Waals surface area contributed by atoms with Crippen molar-refractivity contribution in [3.8, 4) is 10.4 Å². The molecule has 0 radical (unpaired) electrons. The summed E-state index contributed by atoms with van der Waals surface area (Å²) in [5.74, 6) is -0.733. The van der Waals surface area contributed by atoms with Crippen LogP contribution in [0.2, 0.25) is 0 Å². The van der Waals surface area contributed by atoms with E-state index in [1.54, 1.807) is 43.5 Å². The van der Waals surface area contributed by atoms with Crippen molar-refractivity contribution in [1.29, 1.82) is 0 Å². The van der Waals surface area contributed by atoms with E-state index in [1.165, 1.54) is 17.4 Å². The number of rotatable bonds is 3. The number of amides is 1. The minimum Gasteiger partial charge on any atom is -0.320 e. The average molecular weight is 327 g/mol. The minimum absolute atomic E-state index is 0.229. The molecule has 0 atom stereocenters. The molecule has 1 aromatic carbocycles. The second-order valence-corrected chi connectivity index (χ2v) is 6.23. The topological polar surface area (TPSA) is 54.9 Å². The van der Waals surface area contributed by atoms with E-state index in [9.17, 15) is 9.18 Å². The van der Waals surface area contributed by atoms with E-state index >= 15 is 0 Å². The molecule has 0 unspecified atom stereocenters. The number of hydrogen-bond donors (Lipinski definition) is 1. The summed E-state index contributed by atoms with van der Waals surface area (Å²) >= 11 is 1.30. The lowest BCUT2D eigenvalue weighted by molar-refractivity contribution is 0.102. The Kier molecular flexibility index (Phi) is 4.16. The third-order valence-corrected chi connectivity index (χ3v) is 4.23. The molecule has 1 N–H and O–H groups in total. The van der Waals surface area contributed by atoms with Crippen molar-refractivity contribution in [2.45, 2.75) is 13.8 Å². The van der Waals surface area contributed by atoms with Gasteiger partial charge in [-0.15, -0.1) is 11.3 Å². The third-order valence-electron chi connectivity index (χ3n) is 3.22. The van der Waals surface area contributed by atoms with Gasteiger partial charge in [0.15, 0.2) is 0 Å². The standard InChI is InChI=1S/C17H14FN3OS/c1-10-9-12(7-8-19-10)21-17(22)15-16(23-11(2)20-15)13-5-3-4-6-14(13)18/h3-9H,1-2H3,(H,19,21,22). The minimum atomic E-state index is -0.370. The number of anilines is 1. The number of pyridine rings is 1. The van der Waals surface area contributed by atoms with Gasteiger partial charge in [-0.3, -0.25) is 9.78 Å². The maximum Gasteiger partial charge on any atom is 0.275 e. The van der Waals surface area contributed by atoms with Crippen LogP contribution in [0.4, 0.5) is 10.1 Å². The molecule has 3 aromatic rings. The van der Waals surface area contributed by atoms with Crippen LogP contribution in [0, 0.1) is 19.7 Å². The van der Waals surface area contributed by atoms with Crippen molar-refractivity contribution in [3.05, 3.63) is 64.8 Å². The lowest BCUT2D eigenvalue weighted by atomic mass is 10.1. The van der Waals surface area contributed by atoms with Crippen molar-refractivity contribution >= 4 is 22.9 Å². The van der Waals surface area contributed by atoms with Crippen LogP contribution in [0.1, 0.15) is 21.2 Å². The summed E-state index contributed by atoms with van der Waals surface area (Å²) in [6.07, 6.45) is 1.62. The SMILES string of the molecule is Cc1cc(NC(=O)c2nc(C)sc2-c2ccccc2F)ccn1. The molecule has 116 valence electrons. The summed E-state index contributed by atoms with van der Waals surface area (Å²) in [6.45, 7) is 3.63. The molecule has 0 saturated heterocycles. The van der Waals surface area contributed by atoms with Gasteiger partial charge in [0, 0.05) is 23.1 Å². The average Bonchev–Trinajstić information content (AvgIpc) is 2.89. The smallest absolute Gasteiger partial charge is 0.275 e. The molecule has 0 bridgehead atoms. The normalized spacial score (nSPS) is 10.6. The molecule has 0 aliphatic carbocycles. The molecule has 2 heterocycles. The van der Waals surface area contributed by atoms with Crippen molar-refractivity contribution in [1.82, 2.24) is 9.97 Å². The molecule has 0 aliphatic rings. The van der Waals surface area contributed by atoms with Gasteiger partial charge >= 0.3 is 0 Å². The number of aryl methyl sites for hydroxylation is 2. The Morgan fingerprint density at radius 1 is 1.22 bits per heavy atom. The van der Waals surface area contributed by atoms with E-state index in [0.717, 1.165) is 5.69 Å². The number of thiazole rings is 1. The molecular formula is C17H14FN3OS. The Balaban J connectivity index is 1.97. The second-order valence-electron chi connectivity index (χ2n) is 5.03. The third kappa shape index (κ3) is 3.27. The van der Waals surface area contributed by atoms with E-state index in [2.05, 4.69) is 15.3 Å². The number of nitrogens with one attached hydrogen (secondary N) is 1. The molecule has 0 fully saturated rings. The zero-order chi connectivity index (χ0) is 16.4. The highest BCUT2D eigenvalue weighted by Crippen LogP contribution is 2.32. The molecule has 23 heavy (non-hydrogen) atoms. The summed E-state index contributed by atoms with van der Waals surface area (Å²) in [4.78, 5) is 21.4. The van der Waals surface area contributed by atoms with E-state index in [-0.39, 0.29) is 17.4 Å². The van der Waals surface area contributed by atoms with Crippen LogP contribution >= 0.6 is 11.3 Å². The molecule has 0 spiro atoms. The van der Waals surface area contributed by atoms with E-state index in [1.807, 2.05) is 6.92 Å². The number of halogens is 1. The predicted octanol–water partition coefficient (Wildman–Crippen LogP) is 4.21. The number of carbonyl (C=O) groups is 1. The van der Waals surface area contributed by atoms with Crippen molar-refractivity contribution in [2.75, 3.05) is 5.32 Å². The Morgan fingerprint density at radius 2 is 2.00 bits per heavy atom. The van der Waals surface area contributed by atoms with Gasteiger partial charge in [-0.25, -0.2) is 9.37 Å². The number of carbonyl (C=O) groups excluding carboxylic acids is 1. The van der Waals surface area contributed by atoms with E-state index < -0.39 is 0 Å². The largest absolute Gasteiger partial charge is 0.320 e. The summed E-state index contributed by atoms with van der Waals surface area (Å²) in [5, 5.41) is 3.49. The zero-order valence-corrected chi connectivity index (χ0v) is 13.4. The fourth-order valence-corrected chi connectivity index (χ4v) is 3.17. The van der Waals surface area contributed by atoms with Crippen molar-refractivity contribution in [3.63, 3.8) is 0 Å². The molecule has 3 rings (SSSR count). The zero-order valence-electron chi connectivity index (χ0n) is 12.6. The van der Waals surface area contributed by atoms with Crippen molar-refractivity contribution in [2.24, 2.45) is 0 Å². The lowest BCUT2D eigenvalue weighted by Gasteiger charge is -2.06. The van der Waals surface area contributed by atoms with Crippen LogP contribution in [0.3, 0.4) is 0 Å². The summed E-state index contributed by atoms with van der Waals surface area (Å²) in [6, 6.07) is 9.84. The van der Waals surface area contributed by atoms with Crippen LogP contribution in [-0.4, -0.2) is 15.9 Å².